The Morgan fingerprint density at radius 3 is 2.67 bits per heavy atom. The first kappa shape index (κ1) is 16.1. The van der Waals surface area contributed by atoms with Crippen LogP contribution in [-0.4, -0.2) is 72.4 Å². The number of piperidine rings is 2. The van der Waals surface area contributed by atoms with Gasteiger partial charge in [-0.2, -0.15) is 4.98 Å². The third-order valence-corrected chi connectivity index (χ3v) is 5.99. The van der Waals surface area contributed by atoms with Gasteiger partial charge in [0.25, 0.3) is 0 Å². The molecule has 0 saturated carbocycles. The first-order valence-electron chi connectivity index (χ1n) is 9.33. The molecule has 132 valence electrons. The van der Waals surface area contributed by atoms with E-state index in [1.165, 1.54) is 32.4 Å². The third-order valence-electron chi connectivity index (χ3n) is 5.99. The number of hydrogen-bond acceptors (Lipinski definition) is 6. The molecule has 0 radical (unpaired) electrons. The quantitative estimate of drug-likeness (QED) is 0.883. The van der Waals surface area contributed by atoms with Crippen LogP contribution in [0.15, 0.2) is 12.3 Å². The molecule has 6 heteroatoms. The van der Waals surface area contributed by atoms with E-state index in [1.54, 1.807) is 0 Å². The maximum Gasteiger partial charge on any atom is 0.227 e. The van der Waals surface area contributed by atoms with Crippen LogP contribution >= 0.6 is 0 Å². The molecule has 3 saturated heterocycles. The fraction of sp³-hybridized carbons (Fsp3) is 0.778. The average Bonchev–Trinajstić information content (AvgIpc) is 2.95. The van der Waals surface area contributed by atoms with Crippen molar-refractivity contribution in [2.75, 3.05) is 56.1 Å². The van der Waals surface area contributed by atoms with Gasteiger partial charge in [0.15, 0.2) is 0 Å². The average molecular weight is 331 g/mol. The Kier molecular flexibility index (Phi) is 4.35. The molecule has 0 amide bonds. The van der Waals surface area contributed by atoms with Crippen molar-refractivity contribution in [3.63, 3.8) is 0 Å². The number of aliphatic hydroxyl groups excluding tert-OH is 1. The summed E-state index contributed by atoms with van der Waals surface area (Å²) in [4.78, 5) is 16.6. The lowest BCUT2D eigenvalue weighted by Crippen LogP contribution is -2.45. The molecule has 1 N–H and O–H groups in total. The van der Waals surface area contributed by atoms with Gasteiger partial charge in [-0.25, -0.2) is 4.98 Å². The van der Waals surface area contributed by atoms with Crippen LogP contribution in [-0.2, 0) is 0 Å². The predicted octanol–water partition coefficient (Wildman–Crippen LogP) is 1.36. The second kappa shape index (κ2) is 6.48. The molecular formula is C18H29N5O. The van der Waals surface area contributed by atoms with Crippen molar-refractivity contribution in [1.29, 1.82) is 0 Å². The first-order valence-corrected chi connectivity index (χ1v) is 9.33. The zero-order valence-corrected chi connectivity index (χ0v) is 14.7. The smallest absolute Gasteiger partial charge is 0.227 e. The van der Waals surface area contributed by atoms with E-state index < -0.39 is 0 Å². The molecule has 1 spiro atoms. The van der Waals surface area contributed by atoms with Crippen molar-refractivity contribution in [1.82, 2.24) is 14.9 Å². The van der Waals surface area contributed by atoms with Crippen LogP contribution in [0.25, 0.3) is 0 Å². The summed E-state index contributed by atoms with van der Waals surface area (Å²) in [5, 5.41) is 9.70. The van der Waals surface area contributed by atoms with Gasteiger partial charge in [0.05, 0.1) is 6.10 Å². The third kappa shape index (κ3) is 3.22. The van der Waals surface area contributed by atoms with Crippen LogP contribution in [0.2, 0.25) is 0 Å². The Bertz CT molecular complexity index is 570. The van der Waals surface area contributed by atoms with Crippen molar-refractivity contribution < 1.29 is 5.11 Å². The van der Waals surface area contributed by atoms with Gasteiger partial charge in [0.2, 0.25) is 5.95 Å². The van der Waals surface area contributed by atoms with Crippen molar-refractivity contribution in [3.05, 3.63) is 12.3 Å². The molecule has 4 rings (SSSR count). The molecule has 1 atom stereocenters. The zero-order chi connectivity index (χ0) is 16.6. The Morgan fingerprint density at radius 1 is 1.08 bits per heavy atom. The highest BCUT2D eigenvalue weighted by Crippen LogP contribution is 2.39. The minimum Gasteiger partial charge on any atom is -0.393 e. The molecule has 0 aliphatic carbocycles. The number of aromatic nitrogens is 2. The Morgan fingerprint density at radius 2 is 1.92 bits per heavy atom. The van der Waals surface area contributed by atoms with Gasteiger partial charge < -0.3 is 19.8 Å². The Balaban J connectivity index is 1.49. The van der Waals surface area contributed by atoms with Crippen LogP contribution in [0.4, 0.5) is 11.8 Å². The molecule has 24 heavy (non-hydrogen) atoms. The number of rotatable bonds is 2. The Hall–Kier alpha value is -1.40. The molecule has 1 aromatic rings. The lowest BCUT2D eigenvalue weighted by Gasteiger charge is -2.40. The summed E-state index contributed by atoms with van der Waals surface area (Å²) in [6.07, 6.45) is 7.27. The highest BCUT2D eigenvalue weighted by molar-refractivity contribution is 5.44. The van der Waals surface area contributed by atoms with Gasteiger partial charge in [-0.1, -0.05) is 0 Å². The van der Waals surface area contributed by atoms with E-state index in [9.17, 15) is 5.11 Å². The van der Waals surface area contributed by atoms with Crippen LogP contribution < -0.4 is 9.80 Å². The number of likely N-dealkylation sites (tertiary alicyclic amines) is 1. The van der Waals surface area contributed by atoms with E-state index in [0.717, 1.165) is 50.8 Å². The normalized spacial score (nSPS) is 29.6. The molecule has 1 aromatic heterocycles. The molecule has 0 bridgehead atoms. The largest absolute Gasteiger partial charge is 0.393 e. The van der Waals surface area contributed by atoms with E-state index >= 15 is 0 Å². The molecule has 6 nitrogen and oxygen atoms in total. The van der Waals surface area contributed by atoms with Gasteiger partial charge >= 0.3 is 0 Å². The summed E-state index contributed by atoms with van der Waals surface area (Å²) < 4.78 is 0. The molecule has 0 unspecified atom stereocenters. The predicted molar refractivity (Wildman–Crippen MR) is 95.5 cm³/mol. The SMILES string of the molecule is CN1CC[C@]2(CCCN(c3nccc(N4CCC(O)CC4)n3)C2)C1. The number of anilines is 2. The number of nitrogens with zero attached hydrogens (tertiary/aromatic N) is 5. The van der Waals surface area contributed by atoms with Crippen LogP contribution in [0.3, 0.4) is 0 Å². The van der Waals surface area contributed by atoms with E-state index in [1.807, 2.05) is 12.3 Å². The molecule has 3 aliphatic rings. The lowest BCUT2D eigenvalue weighted by molar-refractivity contribution is 0.145. The van der Waals surface area contributed by atoms with E-state index in [-0.39, 0.29) is 6.10 Å². The summed E-state index contributed by atoms with van der Waals surface area (Å²) in [6.45, 7) is 6.32. The van der Waals surface area contributed by atoms with Crippen LogP contribution in [0.5, 0.6) is 0 Å². The summed E-state index contributed by atoms with van der Waals surface area (Å²) in [7, 11) is 2.23. The topological polar surface area (TPSA) is 55.7 Å². The minimum atomic E-state index is -0.149. The molecule has 3 aliphatic heterocycles. The molecular weight excluding hydrogens is 302 g/mol. The highest BCUT2D eigenvalue weighted by atomic mass is 16.3. The Labute approximate surface area is 144 Å². The van der Waals surface area contributed by atoms with Crippen molar-refractivity contribution in [3.8, 4) is 0 Å². The summed E-state index contributed by atoms with van der Waals surface area (Å²) in [5.41, 5.74) is 0.432. The van der Waals surface area contributed by atoms with Crippen molar-refractivity contribution in [2.45, 2.75) is 38.2 Å². The fourth-order valence-electron chi connectivity index (χ4n) is 4.63. The highest BCUT2D eigenvalue weighted by Gasteiger charge is 2.40. The second-order valence-corrected chi connectivity index (χ2v) is 7.95. The monoisotopic (exact) mass is 331 g/mol. The number of hydrogen-bond donors (Lipinski definition) is 1. The zero-order valence-electron chi connectivity index (χ0n) is 14.7. The van der Waals surface area contributed by atoms with Gasteiger partial charge in [0.1, 0.15) is 5.82 Å². The fourth-order valence-corrected chi connectivity index (χ4v) is 4.63. The van der Waals surface area contributed by atoms with Crippen LogP contribution in [0.1, 0.15) is 32.1 Å². The summed E-state index contributed by atoms with van der Waals surface area (Å²) >= 11 is 0. The number of aliphatic hydroxyl groups is 1. The van der Waals surface area contributed by atoms with E-state index in [4.69, 9.17) is 4.98 Å². The molecule has 0 aromatic carbocycles. The second-order valence-electron chi connectivity index (χ2n) is 7.95. The summed E-state index contributed by atoms with van der Waals surface area (Å²) in [6, 6.07) is 2.00. The van der Waals surface area contributed by atoms with Crippen molar-refractivity contribution in [2.24, 2.45) is 5.41 Å². The molecule has 4 heterocycles. The van der Waals surface area contributed by atoms with Gasteiger partial charge in [0, 0.05) is 44.3 Å². The maximum atomic E-state index is 9.70. The summed E-state index contributed by atoms with van der Waals surface area (Å²) in [5.74, 6) is 1.89. The van der Waals surface area contributed by atoms with Gasteiger partial charge in [-0.3, -0.25) is 0 Å². The minimum absolute atomic E-state index is 0.149. The first-order chi connectivity index (χ1) is 11.6. The molecule has 3 fully saturated rings. The standard InChI is InChI=1S/C18H29N5O/c1-21-12-7-18(13-21)6-2-9-23(14-18)17-19-8-3-16(20-17)22-10-4-15(24)5-11-22/h3,8,15,24H,2,4-7,9-14H2,1H3/t18-/m1/s1. The van der Waals surface area contributed by atoms with Crippen LogP contribution in [0, 0.1) is 5.41 Å². The van der Waals surface area contributed by atoms with E-state index in [0.29, 0.717) is 5.41 Å². The van der Waals surface area contributed by atoms with Gasteiger partial charge in [-0.05, 0) is 51.8 Å². The lowest BCUT2D eigenvalue weighted by atomic mass is 9.79. The maximum absolute atomic E-state index is 9.70. The van der Waals surface area contributed by atoms with E-state index in [2.05, 4.69) is 26.7 Å². The van der Waals surface area contributed by atoms with Gasteiger partial charge in [-0.15, -0.1) is 0 Å². The van der Waals surface area contributed by atoms with Crippen molar-refractivity contribution >= 4 is 11.8 Å².